The van der Waals surface area contributed by atoms with E-state index in [2.05, 4.69) is 20.8 Å². The van der Waals surface area contributed by atoms with Gasteiger partial charge in [0.1, 0.15) is 5.82 Å². The number of benzene rings is 1. The number of halogens is 2. The van der Waals surface area contributed by atoms with Gasteiger partial charge in [-0.2, -0.15) is 0 Å². The summed E-state index contributed by atoms with van der Waals surface area (Å²) in [6, 6.07) is 5.41. The second-order valence-corrected chi connectivity index (χ2v) is 4.45. The zero-order valence-corrected chi connectivity index (χ0v) is 9.30. The van der Waals surface area contributed by atoms with Crippen LogP contribution in [0.5, 0.6) is 0 Å². The zero-order chi connectivity index (χ0) is 10.1. The Hall–Kier alpha value is -0.610. The smallest absolute Gasteiger partial charge is 0.139 e. The second-order valence-electron chi connectivity index (χ2n) is 3.59. The Morgan fingerprint density at radius 3 is 2.86 bits per heavy atom. The van der Waals surface area contributed by atoms with Crippen LogP contribution in [0.4, 0.5) is 10.1 Å². The fraction of sp³-hybridized carbons (Fsp3) is 0.400. The highest BCUT2D eigenvalue weighted by atomic mass is 79.9. The van der Waals surface area contributed by atoms with Crippen LogP contribution in [0.1, 0.15) is 6.42 Å². The number of anilines is 1. The maximum atomic E-state index is 13.2. The highest BCUT2D eigenvalue weighted by molar-refractivity contribution is 9.10. The van der Waals surface area contributed by atoms with E-state index in [1.165, 1.54) is 0 Å². The van der Waals surface area contributed by atoms with Gasteiger partial charge in [-0.1, -0.05) is 0 Å². The molecule has 1 aliphatic heterocycles. The predicted octanol–water partition coefficient (Wildman–Crippen LogP) is 2.13. The molecule has 0 radical (unpaired) electrons. The first-order valence-corrected chi connectivity index (χ1v) is 5.41. The van der Waals surface area contributed by atoms with E-state index in [4.69, 9.17) is 5.73 Å². The van der Waals surface area contributed by atoms with E-state index in [1.54, 1.807) is 12.1 Å². The average molecular weight is 259 g/mol. The molecule has 0 saturated carbocycles. The molecule has 1 aromatic carbocycles. The van der Waals surface area contributed by atoms with E-state index >= 15 is 0 Å². The summed E-state index contributed by atoms with van der Waals surface area (Å²) in [7, 11) is 0. The lowest BCUT2D eigenvalue weighted by Crippen LogP contribution is -2.26. The number of hydrogen-bond donors (Lipinski definition) is 1. The summed E-state index contributed by atoms with van der Waals surface area (Å²) in [4.78, 5) is 2.11. The average Bonchev–Trinajstić information content (AvgIpc) is 2.57. The Bertz CT molecular complexity index is 343. The first-order chi connectivity index (χ1) is 6.66. The lowest BCUT2D eigenvalue weighted by Gasteiger charge is -2.18. The molecule has 14 heavy (non-hydrogen) atoms. The van der Waals surface area contributed by atoms with Crippen LogP contribution in [-0.4, -0.2) is 19.1 Å². The van der Waals surface area contributed by atoms with E-state index in [1.807, 2.05) is 6.07 Å². The summed E-state index contributed by atoms with van der Waals surface area (Å²) >= 11 is 3.13. The first-order valence-electron chi connectivity index (χ1n) is 4.62. The molecule has 76 valence electrons. The number of hydrogen-bond acceptors (Lipinski definition) is 2. The van der Waals surface area contributed by atoms with Crippen LogP contribution in [0.15, 0.2) is 22.7 Å². The molecule has 0 aliphatic carbocycles. The summed E-state index contributed by atoms with van der Waals surface area (Å²) in [5.74, 6) is -0.219. The van der Waals surface area contributed by atoms with Gasteiger partial charge in [0, 0.05) is 24.8 Å². The zero-order valence-electron chi connectivity index (χ0n) is 7.71. The monoisotopic (exact) mass is 258 g/mol. The van der Waals surface area contributed by atoms with Crippen LogP contribution >= 0.6 is 15.9 Å². The molecule has 0 amide bonds. The molecule has 0 bridgehead atoms. The highest BCUT2D eigenvalue weighted by Gasteiger charge is 2.19. The Morgan fingerprint density at radius 2 is 2.29 bits per heavy atom. The molecule has 1 unspecified atom stereocenters. The Balaban J connectivity index is 2.20. The largest absolute Gasteiger partial charge is 0.370 e. The topological polar surface area (TPSA) is 29.3 Å². The van der Waals surface area contributed by atoms with E-state index in [-0.39, 0.29) is 11.9 Å². The van der Waals surface area contributed by atoms with Crippen LogP contribution in [0.3, 0.4) is 0 Å². The van der Waals surface area contributed by atoms with Crippen molar-refractivity contribution in [2.45, 2.75) is 12.5 Å². The van der Waals surface area contributed by atoms with Gasteiger partial charge in [-0.3, -0.25) is 0 Å². The van der Waals surface area contributed by atoms with Gasteiger partial charge in [-0.25, -0.2) is 4.39 Å². The molecule has 2 rings (SSSR count). The predicted molar refractivity (Wildman–Crippen MR) is 58.9 cm³/mol. The second kappa shape index (κ2) is 3.87. The van der Waals surface area contributed by atoms with Crippen LogP contribution in [0.2, 0.25) is 0 Å². The standard InChI is InChI=1S/C10H12BrFN2/c11-9-2-1-8(5-10(9)12)14-4-3-7(13)6-14/h1-2,5,7H,3-4,6,13H2. The third kappa shape index (κ3) is 1.91. The minimum atomic E-state index is -0.219. The fourth-order valence-corrected chi connectivity index (χ4v) is 1.95. The lowest BCUT2D eigenvalue weighted by atomic mass is 10.3. The van der Waals surface area contributed by atoms with Gasteiger partial charge in [0.05, 0.1) is 4.47 Å². The molecule has 1 aromatic rings. The summed E-state index contributed by atoms with van der Waals surface area (Å²) in [5, 5.41) is 0. The molecule has 1 saturated heterocycles. The van der Waals surface area contributed by atoms with Crippen LogP contribution in [-0.2, 0) is 0 Å². The first kappa shape index (κ1) is 9.93. The van der Waals surface area contributed by atoms with E-state index < -0.39 is 0 Å². The quantitative estimate of drug-likeness (QED) is 0.837. The summed E-state index contributed by atoms with van der Waals surface area (Å²) < 4.78 is 13.7. The molecule has 1 atom stereocenters. The van der Waals surface area contributed by atoms with Crippen LogP contribution in [0, 0.1) is 5.82 Å². The van der Waals surface area contributed by atoms with Gasteiger partial charge in [0.2, 0.25) is 0 Å². The fourth-order valence-electron chi connectivity index (χ4n) is 1.70. The summed E-state index contributed by atoms with van der Waals surface area (Å²) in [6.45, 7) is 1.74. The maximum Gasteiger partial charge on any atom is 0.139 e. The molecule has 2 nitrogen and oxygen atoms in total. The molecule has 4 heteroatoms. The minimum absolute atomic E-state index is 0.219. The highest BCUT2D eigenvalue weighted by Crippen LogP contribution is 2.24. The van der Waals surface area contributed by atoms with Gasteiger partial charge in [0.25, 0.3) is 0 Å². The van der Waals surface area contributed by atoms with Crippen molar-refractivity contribution in [3.8, 4) is 0 Å². The van der Waals surface area contributed by atoms with Crippen LogP contribution in [0.25, 0.3) is 0 Å². The van der Waals surface area contributed by atoms with Crippen molar-refractivity contribution in [3.63, 3.8) is 0 Å². The number of nitrogens with zero attached hydrogens (tertiary/aromatic N) is 1. The SMILES string of the molecule is NC1CCN(c2ccc(Br)c(F)c2)C1. The molecule has 1 fully saturated rings. The van der Waals surface area contributed by atoms with Crippen molar-refractivity contribution in [3.05, 3.63) is 28.5 Å². The third-order valence-electron chi connectivity index (χ3n) is 2.49. The van der Waals surface area contributed by atoms with Crippen molar-refractivity contribution >= 4 is 21.6 Å². The van der Waals surface area contributed by atoms with Crippen molar-refractivity contribution in [1.29, 1.82) is 0 Å². The Labute approximate surface area is 91.0 Å². The number of rotatable bonds is 1. The lowest BCUT2D eigenvalue weighted by molar-refractivity contribution is 0.620. The molecule has 2 N–H and O–H groups in total. The van der Waals surface area contributed by atoms with Gasteiger partial charge >= 0.3 is 0 Å². The molecule has 1 aliphatic rings. The van der Waals surface area contributed by atoms with Gasteiger partial charge in [-0.05, 0) is 40.5 Å². The van der Waals surface area contributed by atoms with Gasteiger partial charge < -0.3 is 10.6 Å². The van der Waals surface area contributed by atoms with Crippen molar-refractivity contribution in [2.24, 2.45) is 5.73 Å². The molecular formula is C10H12BrFN2. The van der Waals surface area contributed by atoms with Crippen LogP contribution < -0.4 is 10.6 Å². The molecule has 0 spiro atoms. The third-order valence-corrected chi connectivity index (χ3v) is 3.14. The van der Waals surface area contributed by atoms with E-state index in [0.717, 1.165) is 25.2 Å². The van der Waals surface area contributed by atoms with Crippen molar-refractivity contribution < 1.29 is 4.39 Å². The van der Waals surface area contributed by atoms with E-state index in [9.17, 15) is 4.39 Å². The number of nitrogens with two attached hydrogens (primary N) is 1. The maximum absolute atomic E-state index is 13.2. The summed E-state index contributed by atoms with van der Waals surface area (Å²) in [6.07, 6.45) is 0.984. The molecular weight excluding hydrogens is 247 g/mol. The molecule has 1 heterocycles. The normalized spacial score (nSPS) is 21.6. The Kier molecular flexibility index (Phi) is 2.74. The van der Waals surface area contributed by atoms with Crippen molar-refractivity contribution in [1.82, 2.24) is 0 Å². The van der Waals surface area contributed by atoms with Gasteiger partial charge in [0.15, 0.2) is 0 Å². The van der Waals surface area contributed by atoms with E-state index in [0.29, 0.717) is 4.47 Å². The Morgan fingerprint density at radius 1 is 1.50 bits per heavy atom. The minimum Gasteiger partial charge on any atom is -0.370 e. The summed E-state index contributed by atoms with van der Waals surface area (Å²) in [5.41, 5.74) is 6.70. The van der Waals surface area contributed by atoms with Crippen molar-refractivity contribution in [2.75, 3.05) is 18.0 Å². The van der Waals surface area contributed by atoms with Gasteiger partial charge in [-0.15, -0.1) is 0 Å². The molecule has 0 aromatic heterocycles.